The molecule has 0 radical (unpaired) electrons. The number of nitriles is 1. The van der Waals surface area contributed by atoms with E-state index < -0.39 is 5.41 Å². The normalized spacial score (nSPS) is 27.5. The van der Waals surface area contributed by atoms with Crippen LogP contribution in [0.3, 0.4) is 0 Å². The largest absolute Gasteiger partial charge is 0.469 e. The van der Waals surface area contributed by atoms with Crippen molar-refractivity contribution in [3.05, 3.63) is 0 Å². The van der Waals surface area contributed by atoms with Gasteiger partial charge in [0, 0.05) is 19.6 Å². The van der Waals surface area contributed by atoms with E-state index in [0.717, 1.165) is 0 Å². The Morgan fingerprint density at radius 2 is 2.26 bits per heavy atom. The maximum Gasteiger partial charge on any atom is 0.317 e. The summed E-state index contributed by atoms with van der Waals surface area (Å²) in [6.45, 7) is 6.66. The van der Waals surface area contributed by atoms with E-state index in [1.165, 1.54) is 7.11 Å². The summed E-state index contributed by atoms with van der Waals surface area (Å²) >= 11 is 0. The van der Waals surface area contributed by atoms with E-state index in [4.69, 9.17) is 10.00 Å². The summed E-state index contributed by atoms with van der Waals surface area (Å²) < 4.78 is 4.81. The zero-order valence-electron chi connectivity index (χ0n) is 11.9. The molecule has 19 heavy (non-hydrogen) atoms. The van der Waals surface area contributed by atoms with Gasteiger partial charge in [-0.05, 0) is 19.8 Å². The zero-order valence-corrected chi connectivity index (χ0v) is 11.9. The number of likely N-dealkylation sites (tertiary alicyclic amines) is 1. The zero-order chi connectivity index (χ0) is 14.6. The molecule has 0 saturated carbocycles. The van der Waals surface area contributed by atoms with E-state index >= 15 is 0 Å². The smallest absolute Gasteiger partial charge is 0.317 e. The molecule has 0 aromatic carbocycles. The Labute approximate surface area is 113 Å². The number of carbonyl (C=O) groups excluding carboxylic acids is 2. The van der Waals surface area contributed by atoms with Gasteiger partial charge < -0.3 is 15.0 Å². The van der Waals surface area contributed by atoms with Gasteiger partial charge >= 0.3 is 12.0 Å². The molecule has 0 aliphatic carbocycles. The highest BCUT2D eigenvalue weighted by atomic mass is 16.5. The lowest BCUT2D eigenvalue weighted by atomic mass is 9.81. The van der Waals surface area contributed by atoms with Crippen molar-refractivity contribution < 1.29 is 14.3 Å². The Morgan fingerprint density at radius 1 is 1.63 bits per heavy atom. The van der Waals surface area contributed by atoms with Crippen molar-refractivity contribution in [1.82, 2.24) is 10.2 Å². The maximum atomic E-state index is 12.0. The SMILES string of the molecule is COC(=O)[C@]1(C)CN(C(=O)NC[C@H](C)C#N)C[C@H]1C. The first kappa shape index (κ1) is 15.3. The van der Waals surface area contributed by atoms with Crippen molar-refractivity contribution in [3.8, 4) is 6.07 Å². The van der Waals surface area contributed by atoms with Gasteiger partial charge in [0.15, 0.2) is 0 Å². The fraction of sp³-hybridized carbons (Fsp3) is 0.769. The minimum absolute atomic E-state index is 0.0408. The summed E-state index contributed by atoms with van der Waals surface area (Å²) in [5.74, 6) is -0.476. The van der Waals surface area contributed by atoms with Crippen LogP contribution in [0.5, 0.6) is 0 Å². The monoisotopic (exact) mass is 267 g/mol. The third-order valence-corrected chi connectivity index (χ3v) is 3.82. The number of rotatable bonds is 3. The number of esters is 1. The molecule has 6 nitrogen and oxygen atoms in total. The highest BCUT2D eigenvalue weighted by molar-refractivity contribution is 5.81. The molecule has 2 amide bonds. The maximum absolute atomic E-state index is 12.0. The number of hydrogen-bond donors (Lipinski definition) is 1. The average molecular weight is 267 g/mol. The fourth-order valence-electron chi connectivity index (χ4n) is 2.20. The number of methoxy groups -OCH3 is 1. The van der Waals surface area contributed by atoms with Gasteiger partial charge in [-0.1, -0.05) is 6.92 Å². The van der Waals surface area contributed by atoms with Crippen LogP contribution in [0.15, 0.2) is 0 Å². The van der Waals surface area contributed by atoms with E-state index in [-0.39, 0.29) is 23.8 Å². The molecule has 6 heteroatoms. The molecule has 0 aromatic rings. The molecule has 0 unspecified atom stereocenters. The topological polar surface area (TPSA) is 82.4 Å². The van der Waals surface area contributed by atoms with Crippen LogP contribution in [-0.4, -0.2) is 43.6 Å². The second-order valence-corrected chi connectivity index (χ2v) is 5.41. The van der Waals surface area contributed by atoms with Crippen molar-refractivity contribution in [1.29, 1.82) is 5.26 Å². The third kappa shape index (κ3) is 3.16. The number of nitrogens with zero attached hydrogens (tertiary/aromatic N) is 2. The summed E-state index contributed by atoms with van der Waals surface area (Å²) in [5, 5.41) is 11.4. The van der Waals surface area contributed by atoms with Gasteiger partial charge in [0.2, 0.25) is 0 Å². The lowest BCUT2D eigenvalue weighted by molar-refractivity contribution is -0.152. The number of amides is 2. The summed E-state index contributed by atoms with van der Waals surface area (Å²) in [6.07, 6.45) is 0. The van der Waals surface area contributed by atoms with Crippen molar-refractivity contribution >= 4 is 12.0 Å². The van der Waals surface area contributed by atoms with E-state index in [1.807, 2.05) is 13.8 Å². The summed E-state index contributed by atoms with van der Waals surface area (Å²) in [5.41, 5.74) is -0.660. The van der Waals surface area contributed by atoms with Crippen LogP contribution in [-0.2, 0) is 9.53 Å². The molecule has 1 aliphatic rings. The van der Waals surface area contributed by atoms with E-state index in [2.05, 4.69) is 11.4 Å². The van der Waals surface area contributed by atoms with E-state index in [0.29, 0.717) is 19.6 Å². The van der Waals surface area contributed by atoms with Gasteiger partial charge in [0.05, 0.1) is 24.5 Å². The predicted molar refractivity (Wildman–Crippen MR) is 69.0 cm³/mol. The molecule has 1 rings (SSSR count). The van der Waals surface area contributed by atoms with Gasteiger partial charge in [-0.2, -0.15) is 5.26 Å². The van der Waals surface area contributed by atoms with Crippen molar-refractivity contribution in [2.45, 2.75) is 20.8 Å². The van der Waals surface area contributed by atoms with Gasteiger partial charge in [0.1, 0.15) is 0 Å². The average Bonchev–Trinajstić information content (AvgIpc) is 2.71. The summed E-state index contributed by atoms with van der Waals surface area (Å²) in [7, 11) is 1.36. The Morgan fingerprint density at radius 3 is 2.79 bits per heavy atom. The molecule has 0 aromatic heterocycles. The van der Waals surface area contributed by atoms with Crippen molar-refractivity contribution in [3.63, 3.8) is 0 Å². The number of carbonyl (C=O) groups is 2. The van der Waals surface area contributed by atoms with Crippen LogP contribution in [0.2, 0.25) is 0 Å². The molecule has 1 fully saturated rings. The molecule has 1 saturated heterocycles. The highest BCUT2D eigenvalue weighted by Crippen LogP contribution is 2.36. The Hall–Kier alpha value is -1.77. The molecule has 1 aliphatic heterocycles. The van der Waals surface area contributed by atoms with Crippen LogP contribution >= 0.6 is 0 Å². The predicted octanol–water partition coefficient (Wildman–Crippen LogP) is 0.987. The first-order chi connectivity index (χ1) is 8.85. The minimum Gasteiger partial charge on any atom is -0.469 e. The van der Waals surface area contributed by atoms with Crippen LogP contribution in [0.1, 0.15) is 20.8 Å². The number of ether oxygens (including phenoxy) is 1. The molecular weight excluding hydrogens is 246 g/mol. The number of hydrogen-bond acceptors (Lipinski definition) is 4. The minimum atomic E-state index is -0.660. The molecule has 1 heterocycles. The molecule has 106 valence electrons. The molecule has 0 bridgehead atoms. The van der Waals surface area contributed by atoms with Crippen LogP contribution in [0.4, 0.5) is 4.79 Å². The molecule has 0 spiro atoms. The first-order valence-corrected chi connectivity index (χ1v) is 6.36. The van der Waals surface area contributed by atoms with Crippen molar-refractivity contribution in [2.24, 2.45) is 17.3 Å². The van der Waals surface area contributed by atoms with Gasteiger partial charge in [-0.3, -0.25) is 4.79 Å². The molecule has 1 N–H and O–H groups in total. The molecule has 3 atom stereocenters. The Kier molecular flexibility index (Phi) is 4.76. The van der Waals surface area contributed by atoms with Gasteiger partial charge in [-0.15, -0.1) is 0 Å². The lowest BCUT2D eigenvalue weighted by Crippen LogP contribution is -2.42. The Balaban J connectivity index is 2.62. The van der Waals surface area contributed by atoms with Crippen LogP contribution < -0.4 is 5.32 Å². The quantitative estimate of drug-likeness (QED) is 0.773. The number of nitrogens with one attached hydrogen (secondary N) is 1. The van der Waals surface area contributed by atoms with Gasteiger partial charge in [-0.25, -0.2) is 4.79 Å². The van der Waals surface area contributed by atoms with Crippen LogP contribution in [0.25, 0.3) is 0 Å². The third-order valence-electron chi connectivity index (χ3n) is 3.82. The van der Waals surface area contributed by atoms with Crippen molar-refractivity contribution in [2.75, 3.05) is 26.7 Å². The highest BCUT2D eigenvalue weighted by Gasteiger charge is 2.48. The van der Waals surface area contributed by atoms with E-state index in [1.54, 1.807) is 11.8 Å². The van der Waals surface area contributed by atoms with Gasteiger partial charge in [0.25, 0.3) is 0 Å². The standard InChI is InChI=1S/C13H21N3O3/c1-9(5-14)6-15-12(18)16-7-10(2)13(3,8-16)11(17)19-4/h9-10H,6-8H2,1-4H3,(H,15,18)/t9-,10-,13-/m1/s1. The molecular formula is C13H21N3O3. The second-order valence-electron chi connectivity index (χ2n) is 5.41. The second kappa shape index (κ2) is 5.91. The lowest BCUT2D eigenvalue weighted by Gasteiger charge is -2.24. The van der Waals surface area contributed by atoms with Crippen LogP contribution in [0, 0.1) is 28.6 Å². The first-order valence-electron chi connectivity index (χ1n) is 6.36. The number of urea groups is 1. The summed E-state index contributed by atoms with van der Waals surface area (Å²) in [6, 6.07) is 1.82. The Bertz CT molecular complexity index is 404. The van der Waals surface area contributed by atoms with E-state index in [9.17, 15) is 9.59 Å². The fourth-order valence-corrected chi connectivity index (χ4v) is 2.20. The summed E-state index contributed by atoms with van der Waals surface area (Å²) in [4.78, 5) is 25.4.